The summed E-state index contributed by atoms with van der Waals surface area (Å²) in [5.41, 5.74) is 1.52. The van der Waals surface area contributed by atoms with Crippen molar-refractivity contribution in [3.05, 3.63) is 35.4 Å². The highest BCUT2D eigenvalue weighted by Gasteiger charge is 2.28. The molecule has 1 aliphatic heterocycles. The number of hydrogen-bond acceptors (Lipinski definition) is 3. The van der Waals surface area contributed by atoms with E-state index in [0.717, 1.165) is 12.0 Å². The minimum atomic E-state index is -0.823. The molecule has 1 aromatic carbocycles. The SMILES string of the molecule is COCc1cccc(C(=O)N2CCC[C@H](C(=O)O)C2)c1. The highest BCUT2D eigenvalue weighted by atomic mass is 16.5. The summed E-state index contributed by atoms with van der Waals surface area (Å²) in [6.07, 6.45) is 1.38. The molecule has 1 saturated heterocycles. The Labute approximate surface area is 118 Å². The predicted molar refractivity (Wildman–Crippen MR) is 73.4 cm³/mol. The third-order valence-electron chi connectivity index (χ3n) is 3.54. The average Bonchev–Trinajstić information content (AvgIpc) is 2.47. The van der Waals surface area contributed by atoms with Crippen LogP contribution in [0.2, 0.25) is 0 Å². The van der Waals surface area contributed by atoms with Crippen molar-refractivity contribution in [3.8, 4) is 0 Å². The van der Waals surface area contributed by atoms with Crippen LogP contribution in [-0.4, -0.2) is 42.1 Å². The van der Waals surface area contributed by atoms with Crippen molar-refractivity contribution in [2.75, 3.05) is 20.2 Å². The van der Waals surface area contributed by atoms with Gasteiger partial charge >= 0.3 is 5.97 Å². The van der Waals surface area contributed by atoms with Crippen LogP contribution in [0.4, 0.5) is 0 Å². The van der Waals surface area contributed by atoms with E-state index in [4.69, 9.17) is 9.84 Å². The normalized spacial score (nSPS) is 18.9. The lowest BCUT2D eigenvalue weighted by Gasteiger charge is -2.30. The Morgan fingerprint density at radius 2 is 2.25 bits per heavy atom. The summed E-state index contributed by atoms with van der Waals surface area (Å²) in [6, 6.07) is 7.28. The van der Waals surface area contributed by atoms with E-state index in [1.54, 1.807) is 24.1 Å². The monoisotopic (exact) mass is 277 g/mol. The summed E-state index contributed by atoms with van der Waals surface area (Å²) >= 11 is 0. The zero-order chi connectivity index (χ0) is 14.5. The lowest BCUT2D eigenvalue weighted by Crippen LogP contribution is -2.42. The Balaban J connectivity index is 2.10. The molecule has 1 N–H and O–H groups in total. The van der Waals surface area contributed by atoms with Crippen molar-refractivity contribution in [1.82, 2.24) is 4.90 Å². The number of carbonyl (C=O) groups is 2. The van der Waals surface area contributed by atoms with E-state index in [2.05, 4.69) is 0 Å². The molecule has 1 fully saturated rings. The first-order chi connectivity index (χ1) is 9.61. The van der Waals surface area contributed by atoms with E-state index in [1.165, 1.54) is 0 Å². The molecule has 0 spiro atoms. The lowest BCUT2D eigenvalue weighted by molar-refractivity contribution is -0.143. The van der Waals surface area contributed by atoms with Gasteiger partial charge in [-0.1, -0.05) is 12.1 Å². The van der Waals surface area contributed by atoms with Gasteiger partial charge in [-0.3, -0.25) is 9.59 Å². The molecule has 1 aromatic rings. The van der Waals surface area contributed by atoms with Gasteiger partial charge in [0.15, 0.2) is 0 Å². The minimum absolute atomic E-state index is 0.103. The molecule has 0 radical (unpaired) electrons. The molecular formula is C15H19NO4. The van der Waals surface area contributed by atoms with Crippen molar-refractivity contribution in [2.45, 2.75) is 19.4 Å². The largest absolute Gasteiger partial charge is 0.481 e. The number of carbonyl (C=O) groups excluding carboxylic acids is 1. The van der Waals surface area contributed by atoms with Gasteiger partial charge in [0.25, 0.3) is 5.91 Å². The number of rotatable bonds is 4. The number of aliphatic carboxylic acids is 1. The number of carboxylic acid groups (broad SMARTS) is 1. The number of likely N-dealkylation sites (tertiary alicyclic amines) is 1. The molecule has 2 rings (SSSR count). The fraction of sp³-hybridized carbons (Fsp3) is 0.467. The molecule has 5 nitrogen and oxygen atoms in total. The molecule has 0 unspecified atom stereocenters. The van der Waals surface area contributed by atoms with Gasteiger partial charge in [-0.2, -0.15) is 0 Å². The van der Waals surface area contributed by atoms with Crippen molar-refractivity contribution in [3.63, 3.8) is 0 Å². The van der Waals surface area contributed by atoms with Crippen LogP contribution in [0.1, 0.15) is 28.8 Å². The summed E-state index contributed by atoms with van der Waals surface area (Å²) in [4.78, 5) is 25.1. The maximum Gasteiger partial charge on any atom is 0.308 e. The van der Waals surface area contributed by atoms with Gasteiger partial charge in [0.1, 0.15) is 0 Å². The number of methoxy groups -OCH3 is 1. The van der Waals surface area contributed by atoms with Crippen LogP contribution in [0.3, 0.4) is 0 Å². The number of piperidine rings is 1. The molecule has 5 heteroatoms. The molecule has 1 aliphatic rings. The maximum absolute atomic E-state index is 12.4. The van der Waals surface area contributed by atoms with Gasteiger partial charge < -0.3 is 14.7 Å². The average molecular weight is 277 g/mol. The molecule has 0 saturated carbocycles. The summed E-state index contributed by atoms with van der Waals surface area (Å²) in [5.74, 6) is -1.38. The first-order valence-electron chi connectivity index (χ1n) is 6.71. The first kappa shape index (κ1) is 14.5. The van der Waals surface area contributed by atoms with Gasteiger partial charge in [-0.25, -0.2) is 0 Å². The van der Waals surface area contributed by atoms with Crippen molar-refractivity contribution >= 4 is 11.9 Å². The molecule has 20 heavy (non-hydrogen) atoms. The second kappa shape index (κ2) is 6.52. The summed E-state index contributed by atoms with van der Waals surface area (Å²) in [6.45, 7) is 1.37. The Morgan fingerprint density at radius 3 is 2.95 bits per heavy atom. The van der Waals surface area contributed by atoms with E-state index in [9.17, 15) is 9.59 Å². The Hall–Kier alpha value is -1.88. The number of amides is 1. The lowest BCUT2D eigenvalue weighted by atomic mass is 9.97. The molecule has 0 bridgehead atoms. The zero-order valence-corrected chi connectivity index (χ0v) is 11.5. The van der Waals surface area contributed by atoms with E-state index in [-0.39, 0.29) is 5.91 Å². The number of carboxylic acids is 1. The summed E-state index contributed by atoms with van der Waals surface area (Å²) in [5, 5.41) is 9.07. The highest BCUT2D eigenvalue weighted by molar-refractivity contribution is 5.94. The van der Waals surface area contributed by atoms with Crippen molar-refractivity contribution in [1.29, 1.82) is 0 Å². The molecule has 108 valence electrons. The summed E-state index contributed by atoms with van der Waals surface area (Å²) < 4.78 is 5.05. The Kier molecular flexibility index (Phi) is 4.74. The van der Waals surface area contributed by atoms with Crippen LogP contribution in [0.5, 0.6) is 0 Å². The Morgan fingerprint density at radius 1 is 1.45 bits per heavy atom. The fourth-order valence-electron chi connectivity index (χ4n) is 2.51. The topological polar surface area (TPSA) is 66.8 Å². The van der Waals surface area contributed by atoms with Crippen LogP contribution in [0.25, 0.3) is 0 Å². The van der Waals surface area contributed by atoms with E-state index in [0.29, 0.717) is 31.7 Å². The zero-order valence-electron chi connectivity index (χ0n) is 11.5. The van der Waals surface area contributed by atoms with Crippen LogP contribution in [0, 0.1) is 5.92 Å². The summed E-state index contributed by atoms with van der Waals surface area (Å²) in [7, 11) is 1.61. The number of hydrogen-bond donors (Lipinski definition) is 1. The second-order valence-electron chi connectivity index (χ2n) is 5.06. The van der Waals surface area contributed by atoms with Crippen LogP contribution in [-0.2, 0) is 16.1 Å². The van der Waals surface area contributed by atoms with E-state index < -0.39 is 11.9 Å². The first-order valence-corrected chi connectivity index (χ1v) is 6.71. The third-order valence-corrected chi connectivity index (χ3v) is 3.54. The Bertz CT molecular complexity index is 500. The van der Waals surface area contributed by atoms with Crippen molar-refractivity contribution < 1.29 is 19.4 Å². The van der Waals surface area contributed by atoms with Gasteiger partial charge in [0.05, 0.1) is 12.5 Å². The number of benzene rings is 1. The fourth-order valence-corrected chi connectivity index (χ4v) is 2.51. The number of ether oxygens (including phenoxy) is 1. The second-order valence-corrected chi connectivity index (χ2v) is 5.06. The van der Waals surface area contributed by atoms with Crippen LogP contribution in [0.15, 0.2) is 24.3 Å². The molecule has 0 aromatic heterocycles. The molecule has 1 amide bonds. The standard InChI is InChI=1S/C15H19NO4/c1-20-10-11-4-2-5-12(8-11)14(17)16-7-3-6-13(9-16)15(18)19/h2,4-5,8,13H,3,6-7,9-10H2,1H3,(H,18,19)/t13-/m0/s1. The predicted octanol–water partition coefficient (Wildman–Crippen LogP) is 1.77. The molecule has 1 atom stereocenters. The highest BCUT2D eigenvalue weighted by Crippen LogP contribution is 2.19. The van der Waals surface area contributed by atoms with E-state index in [1.807, 2.05) is 12.1 Å². The smallest absolute Gasteiger partial charge is 0.308 e. The molecular weight excluding hydrogens is 258 g/mol. The van der Waals surface area contributed by atoms with Crippen LogP contribution < -0.4 is 0 Å². The van der Waals surface area contributed by atoms with Gasteiger partial charge in [0.2, 0.25) is 0 Å². The molecule has 0 aliphatic carbocycles. The van der Waals surface area contributed by atoms with Gasteiger partial charge in [-0.15, -0.1) is 0 Å². The van der Waals surface area contributed by atoms with Gasteiger partial charge in [-0.05, 0) is 30.5 Å². The number of nitrogens with zero attached hydrogens (tertiary/aromatic N) is 1. The maximum atomic E-state index is 12.4. The molecule has 1 heterocycles. The third kappa shape index (κ3) is 3.36. The van der Waals surface area contributed by atoms with Crippen LogP contribution >= 0.6 is 0 Å². The quantitative estimate of drug-likeness (QED) is 0.910. The minimum Gasteiger partial charge on any atom is -0.481 e. The van der Waals surface area contributed by atoms with E-state index >= 15 is 0 Å². The van der Waals surface area contributed by atoms with Crippen molar-refractivity contribution in [2.24, 2.45) is 5.92 Å². The van der Waals surface area contributed by atoms with Gasteiger partial charge in [0, 0.05) is 25.8 Å².